The summed E-state index contributed by atoms with van der Waals surface area (Å²) in [5, 5.41) is 14.7. The number of aliphatic imine (C=N–C) groups is 1. The molecule has 0 aliphatic heterocycles. The fraction of sp³-hybridized carbons (Fsp3) is 0.500. The minimum atomic E-state index is 0.459. The van der Waals surface area contributed by atoms with E-state index in [1.807, 2.05) is 48.9 Å². The van der Waals surface area contributed by atoms with Gasteiger partial charge in [0, 0.05) is 27.2 Å². The van der Waals surface area contributed by atoms with Crippen molar-refractivity contribution in [1.82, 2.24) is 25.4 Å². The summed E-state index contributed by atoms with van der Waals surface area (Å²) in [5.41, 5.74) is 0. The molecule has 2 rings (SSSR count). The molecule has 2 aromatic rings. The van der Waals surface area contributed by atoms with Crippen molar-refractivity contribution in [3.8, 4) is 5.75 Å². The van der Waals surface area contributed by atoms with Gasteiger partial charge >= 0.3 is 0 Å². The maximum atomic E-state index is 5.69. The van der Waals surface area contributed by atoms with Gasteiger partial charge in [-0.25, -0.2) is 4.99 Å². The van der Waals surface area contributed by atoms with E-state index in [0.717, 1.165) is 36.3 Å². The monoisotopic (exact) mass is 360 g/mol. The van der Waals surface area contributed by atoms with Crippen LogP contribution in [0.1, 0.15) is 18.1 Å². The smallest absolute Gasteiger partial charge is 0.191 e. The Bertz CT molecular complexity index is 672. The molecule has 0 bridgehead atoms. The fourth-order valence-corrected chi connectivity index (χ4v) is 2.17. The van der Waals surface area contributed by atoms with E-state index >= 15 is 0 Å². The van der Waals surface area contributed by atoms with E-state index in [1.54, 1.807) is 7.11 Å². The van der Waals surface area contributed by atoms with E-state index in [4.69, 9.17) is 9.47 Å². The Morgan fingerprint density at radius 2 is 1.88 bits per heavy atom. The average molecular weight is 360 g/mol. The number of nitrogens with zero attached hydrogens (tertiary/aromatic N) is 4. The van der Waals surface area contributed by atoms with Crippen molar-refractivity contribution < 1.29 is 9.47 Å². The number of nitrogens with one attached hydrogen (secondary N) is 2. The predicted molar refractivity (Wildman–Crippen MR) is 101 cm³/mol. The molecule has 2 N–H and O–H groups in total. The van der Waals surface area contributed by atoms with Gasteiger partial charge in [-0.15, -0.1) is 10.2 Å². The van der Waals surface area contributed by atoms with Gasteiger partial charge in [-0.2, -0.15) is 0 Å². The van der Waals surface area contributed by atoms with Crippen LogP contribution in [0.5, 0.6) is 5.75 Å². The van der Waals surface area contributed by atoms with Crippen molar-refractivity contribution in [3.63, 3.8) is 0 Å². The second-order valence-corrected chi connectivity index (χ2v) is 5.75. The number of rotatable bonds is 10. The summed E-state index contributed by atoms with van der Waals surface area (Å²) in [5.74, 6) is 3.30. The number of hydrogen-bond acceptors (Lipinski definition) is 5. The highest BCUT2D eigenvalue weighted by Crippen LogP contribution is 2.08. The van der Waals surface area contributed by atoms with Crippen LogP contribution < -0.4 is 15.4 Å². The summed E-state index contributed by atoms with van der Waals surface area (Å²) in [4.78, 5) is 4.57. The van der Waals surface area contributed by atoms with Crippen LogP contribution in [0.25, 0.3) is 0 Å². The van der Waals surface area contributed by atoms with Gasteiger partial charge in [-0.1, -0.05) is 18.2 Å². The quantitative estimate of drug-likeness (QED) is 0.377. The highest BCUT2D eigenvalue weighted by molar-refractivity contribution is 5.79. The number of guanidine groups is 1. The highest BCUT2D eigenvalue weighted by Gasteiger charge is 2.05. The van der Waals surface area contributed by atoms with Gasteiger partial charge < -0.3 is 24.7 Å². The van der Waals surface area contributed by atoms with E-state index in [-0.39, 0.29) is 0 Å². The van der Waals surface area contributed by atoms with Gasteiger partial charge in [0.2, 0.25) is 0 Å². The van der Waals surface area contributed by atoms with Gasteiger partial charge in [0.1, 0.15) is 18.1 Å². The van der Waals surface area contributed by atoms with Crippen LogP contribution in [0.3, 0.4) is 0 Å². The van der Waals surface area contributed by atoms with Crippen molar-refractivity contribution in [2.75, 3.05) is 33.4 Å². The largest absolute Gasteiger partial charge is 0.494 e. The first-order valence-electron chi connectivity index (χ1n) is 8.74. The topological polar surface area (TPSA) is 85.6 Å². The van der Waals surface area contributed by atoms with E-state index < -0.39 is 0 Å². The van der Waals surface area contributed by atoms with Gasteiger partial charge in [0.25, 0.3) is 0 Å². The first-order valence-corrected chi connectivity index (χ1v) is 8.74. The van der Waals surface area contributed by atoms with Crippen molar-refractivity contribution in [2.24, 2.45) is 12.0 Å². The van der Waals surface area contributed by atoms with E-state index in [1.165, 1.54) is 0 Å². The number of para-hydroxylation sites is 1. The van der Waals surface area contributed by atoms with E-state index in [9.17, 15) is 0 Å². The van der Waals surface area contributed by atoms with Crippen LogP contribution >= 0.6 is 0 Å². The lowest BCUT2D eigenvalue weighted by Gasteiger charge is -2.12. The molecule has 0 fully saturated rings. The maximum Gasteiger partial charge on any atom is 0.191 e. The number of ether oxygens (including phenoxy) is 2. The van der Waals surface area contributed by atoms with Crippen molar-refractivity contribution in [2.45, 2.75) is 19.9 Å². The number of methoxy groups -OCH3 is 1. The standard InChI is InChI=1S/C18H28N6O2/c1-15-22-23-17(24(15)2)14-21-18(20-11-13-25-3)19-10-7-12-26-16-8-5-4-6-9-16/h4-6,8-9H,7,10-14H2,1-3H3,(H2,19,20,21). The zero-order valence-corrected chi connectivity index (χ0v) is 15.7. The molecule has 1 heterocycles. The fourth-order valence-electron chi connectivity index (χ4n) is 2.17. The second-order valence-electron chi connectivity index (χ2n) is 5.75. The van der Waals surface area contributed by atoms with E-state index in [2.05, 4.69) is 25.8 Å². The average Bonchev–Trinajstić information content (AvgIpc) is 2.98. The third-order valence-electron chi connectivity index (χ3n) is 3.79. The molecule has 142 valence electrons. The Hall–Kier alpha value is -2.61. The summed E-state index contributed by atoms with van der Waals surface area (Å²) in [6.07, 6.45) is 0.864. The van der Waals surface area contributed by atoms with Crippen LogP contribution in [-0.4, -0.2) is 54.1 Å². The molecular formula is C18H28N6O2. The van der Waals surface area contributed by atoms with Crippen LogP contribution in [0.15, 0.2) is 35.3 Å². The summed E-state index contributed by atoms with van der Waals surface area (Å²) in [7, 11) is 3.61. The van der Waals surface area contributed by atoms with Gasteiger partial charge in [-0.3, -0.25) is 0 Å². The normalized spacial score (nSPS) is 11.4. The number of aromatic nitrogens is 3. The lowest BCUT2D eigenvalue weighted by molar-refractivity contribution is 0.203. The van der Waals surface area contributed by atoms with Gasteiger partial charge in [-0.05, 0) is 25.5 Å². The number of benzene rings is 1. The van der Waals surface area contributed by atoms with Crippen LogP contribution in [-0.2, 0) is 18.3 Å². The molecule has 1 aromatic carbocycles. The molecule has 0 saturated carbocycles. The molecule has 0 atom stereocenters. The zero-order valence-electron chi connectivity index (χ0n) is 15.7. The summed E-state index contributed by atoms with van der Waals surface area (Å²) < 4.78 is 12.7. The highest BCUT2D eigenvalue weighted by atomic mass is 16.5. The van der Waals surface area contributed by atoms with Crippen molar-refractivity contribution in [1.29, 1.82) is 0 Å². The molecule has 0 radical (unpaired) electrons. The number of aryl methyl sites for hydroxylation is 1. The number of hydrogen-bond donors (Lipinski definition) is 2. The third kappa shape index (κ3) is 6.72. The summed E-state index contributed by atoms with van der Waals surface area (Å²) in [6.45, 7) is 5.07. The molecule has 0 unspecified atom stereocenters. The molecule has 0 amide bonds. The van der Waals surface area contributed by atoms with Crippen LogP contribution in [0, 0.1) is 6.92 Å². The summed E-state index contributed by atoms with van der Waals surface area (Å²) in [6, 6.07) is 9.81. The Morgan fingerprint density at radius 1 is 1.12 bits per heavy atom. The molecule has 0 spiro atoms. The molecule has 0 aliphatic rings. The Kier molecular flexibility index (Phi) is 8.41. The lowest BCUT2D eigenvalue weighted by Crippen LogP contribution is -2.39. The van der Waals surface area contributed by atoms with Crippen molar-refractivity contribution >= 4 is 5.96 Å². The maximum absolute atomic E-state index is 5.69. The van der Waals surface area contributed by atoms with Crippen LogP contribution in [0.4, 0.5) is 0 Å². The van der Waals surface area contributed by atoms with Gasteiger partial charge in [0.05, 0.1) is 13.2 Å². The molecular weight excluding hydrogens is 332 g/mol. The third-order valence-corrected chi connectivity index (χ3v) is 3.79. The first-order chi connectivity index (χ1) is 12.7. The molecule has 8 heteroatoms. The molecule has 0 saturated heterocycles. The zero-order chi connectivity index (χ0) is 18.6. The minimum absolute atomic E-state index is 0.459. The van der Waals surface area contributed by atoms with E-state index in [0.29, 0.717) is 26.3 Å². The first kappa shape index (κ1) is 19.7. The molecule has 26 heavy (non-hydrogen) atoms. The molecule has 0 aliphatic carbocycles. The van der Waals surface area contributed by atoms with Gasteiger partial charge in [0.15, 0.2) is 11.8 Å². The Morgan fingerprint density at radius 3 is 2.58 bits per heavy atom. The summed E-state index contributed by atoms with van der Waals surface area (Å²) >= 11 is 0. The van der Waals surface area contributed by atoms with Crippen molar-refractivity contribution in [3.05, 3.63) is 42.0 Å². The molecule has 1 aromatic heterocycles. The molecule has 8 nitrogen and oxygen atoms in total. The SMILES string of the molecule is COCCNC(=NCc1nnc(C)n1C)NCCCOc1ccccc1. The minimum Gasteiger partial charge on any atom is -0.494 e. The second kappa shape index (κ2) is 11.1. The Balaban J connectivity index is 1.78. The predicted octanol–water partition coefficient (Wildman–Crippen LogP) is 1.27. The lowest BCUT2D eigenvalue weighted by atomic mass is 10.3. The Labute approximate surface area is 154 Å². The van der Waals surface area contributed by atoms with Crippen LogP contribution in [0.2, 0.25) is 0 Å².